The first-order chi connectivity index (χ1) is 11.6. The van der Waals surface area contributed by atoms with Crippen molar-refractivity contribution in [2.45, 2.75) is 25.8 Å². The molecule has 0 unspecified atom stereocenters. The van der Waals surface area contributed by atoms with Crippen molar-refractivity contribution >= 4 is 28.7 Å². The van der Waals surface area contributed by atoms with Crippen molar-refractivity contribution in [2.75, 3.05) is 23.3 Å². The highest BCUT2D eigenvalue weighted by molar-refractivity contribution is 7.80. The molecule has 1 aliphatic heterocycles. The van der Waals surface area contributed by atoms with E-state index >= 15 is 0 Å². The maximum Gasteiger partial charge on any atom is 0.171 e. The second-order valence-electron chi connectivity index (χ2n) is 6.11. The highest BCUT2D eigenvalue weighted by Crippen LogP contribution is 2.22. The van der Waals surface area contributed by atoms with E-state index in [0.29, 0.717) is 5.11 Å². The van der Waals surface area contributed by atoms with Crippen LogP contribution in [0.25, 0.3) is 0 Å². The first-order valence-corrected chi connectivity index (χ1v) is 8.70. The van der Waals surface area contributed by atoms with E-state index in [1.165, 1.54) is 36.2 Å². The Kier molecular flexibility index (Phi) is 5.30. The minimum Gasteiger partial charge on any atom is -0.372 e. The summed E-state index contributed by atoms with van der Waals surface area (Å²) in [5.41, 5.74) is 3.24. The molecule has 1 fully saturated rings. The summed E-state index contributed by atoms with van der Waals surface area (Å²) in [4.78, 5) is 2.42. The summed E-state index contributed by atoms with van der Waals surface area (Å²) < 4.78 is 12.9. The summed E-state index contributed by atoms with van der Waals surface area (Å²) in [6.45, 7) is 4.38. The Morgan fingerprint density at radius 1 is 1.04 bits per heavy atom. The van der Waals surface area contributed by atoms with Crippen LogP contribution in [0.4, 0.5) is 15.8 Å². The zero-order chi connectivity index (χ0) is 16.9. The molecule has 0 radical (unpaired) electrons. The zero-order valence-corrected chi connectivity index (χ0v) is 14.6. The van der Waals surface area contributed by atoms with Crippen LogP contribution < -0.4 is 15.5 Å². The number of thiocarbonyl (C=S) groups is 1. The fourth-order valence-corrected chi connectivity index (χ4v) is 3.22. The number of nitrogens with one attached hydrogen (secondary N) is 2. The molecule has 0 spiro atoms. The molecule has 5 heteroatoms. The average Bonchev–Trinajstić information content (AvgIpc) is 3.11. The van der Waals surface area contributed by atoms with Gasteiger partial charge in [-0.3, -0.25) is 0 Å². The summed E-state index contributed by atoms with van der Waals surface area (Å²) in [7, 11) is 0. The Hall–Kier alpha value is -2.14. The van der Waals surface area contributed by atoms with Crippen molar-refractivity contribution in [1.29, 1.82) is 0 Å². The Morgan fingerprint density at radius 3 is 2.29 bits per heavy atom. The second kappa shape index (κ2) is 7.62. The maximum absolute atomic E-state index is 12.9. The van der Waals surface area contributed by atoms with Crippen LogP contribution in [-0.4, -0.2) is 18.2 Å². The summed E-state index contributed by atoms with van der Waals surface area (Å²) >= 11 is 5.33. The van der Waals surface area contributed by atoms with Gasteiger partial charge in [0.15, 0.2) is 5.11 Å². The third kappa shape index (κ3) is 4.23. The van der Waals surface area contributed by atoms with Crippen LogP contribution in [0.15, 0.2) is 48.5 Å². The lowest BCUT2D eigenvalue weighted by molar-refractivity contribution is 0.628. The molecule has 1 heterocycles. The minimum atomic E-state index is -0.258. The maximum atomic E-state index is 12.9. The van der Waals surface area contributed by atoms with E-state index in [4.69, 9.17) is 12.2 Å². The fourth-order valence-electron chi connectivity index (χ4n) is 2.93. The first-order valence-electron chi connectivity index (χ1n) is 8.30. The lowest BCUT2D eigenvalue weighted by Gasteiger charge is -2.20. The van der Waals surface area contributed by atoms with Crippen molar-refractivity contribution in [1.82, 2.24) is 5.32 Å². The van der Waals surface area contributed by atoms with E-state index < -0.39 is 0 Å². The van der Waals surface area contributed by atoms with Gasteiger partial charge in [-0.25, -0.2) is 4.39 Å². The number of hydrogen-bond acceptors (Lipinski definition) is 2. The van der Waals surface area contributed by atoms with Gasteiger partial charge in [0.25, 0.3) is 0 Å². The van der Waals surface area contributed by atoms with Crippen LogP contribution in [0.3, 0.4) is 0 Å². The van der Waals surface area contributed by atoms with E-state index in [1.54, 1.807) is 12.1 Å². The molecule has 0 saturated carbocycles. The summed E-state index contributed by atoms with van der Waals surface area (Å²) in [6, 6.07) is 14.9. The topological polar surface area (TPSA) is 27.3 Å². The molecule has 126 valence electrons. The molecule has 2 aromatic rings. The lowest BCUT2D eigenvalue weighted by Crippen LogP contribution is -2.30. The Balaban J connectivity index is 1.56. The summed E-state index contributed by atoms with van der Waals surface area (Å²) in [6.07, 6.45) is 2.56. The number of hydrogen-bond donors (Lipinski definition) is 2. The number of anilines is 2. The highest BCUT2D eigenvalue weighted by atomic mass is 32.1. The van der Waals surface area contributed by atoms with E-state index in [-0.39, 0.29) is 11.9 Å². The number of benzene rings is 2. The molecule has 0 aliphatic carbocycles. The molecule has 3 rings (SSSR count). The van der Waals surface area contributed by atoms with Crippen LogP contribution in [0.5, 0.6) is 0 Å². The third-order valence-corrected chi connectivity index (χ3v) is 4.53. The van der Waals surface area contributed by atoms with Crippen molar-refractivity contribution in [3.8, 4) is 0 Å². The van der Waals surface area contributed by atoms with Gasteiger partial charge < -0.3 is 15.5 Å². The standard InChI is InChI=1S/C19H22FN3S/c1-14(21-19(24)22-17-8-6-16(20)7-9-17)15-4-10-18(11-5-15)23-12-2-3-13-23/h4-11,14H,2-3,12-13H2,1H3,(H2,21,22,24)/t14-/m0/s1. The molecule has 0 aromatic heterocycles. The molecule has 1 atom stereocenters. The first kappa shape index (κ1) is 16.7. The molecule has 1 saturated heterocycles. The number of nitrogens with zero attached hydrogens (tertiary/aromatic N) is 1. The highest BCUT2D eigenvalue weighted by Gasteiger charge is 2.13. The van der Waals surface area contributed by atoms with Crippen molar-refractivity contribution in [3.05, 3.63) is 59.9 Å². The molecular weight excluding hydrogens is 321 g/mol. The van der Waals surface area contributed by atoms with Crippen LogP contribution in [0, 0.1) is 5.82 Å². The van der Waals surface area contributed by atoms with Gasteiger partial charge in [-0.1, -0.05) is 12.1 Å². The van der Waals surface area contributed by atoms with Gasteiger partial charge in [-0.2, -0.15) is 0 Å². The van der Waals surface area contributed by atoms with Gasteiger partial charge in [0.2, 0.25) is 0 Å². The van der Waals surface area contributed by atoms with Gasteiger partial charge in [-0.15, -0.1) is 0 Å². The predicted octanol–water partition coefficient (Wildman–Crippen LogP) is 4.47. The molecule has 2 N–H and O–H groups in total. The number of rotatable bonds is 4. The van der Waals surface area contributed by atoms with Crippen molar-refractivity contribution in [3.63, 3.8) is 0 Å². The second-order valence-corrected chi connectivity index (χ2v) is 6.52. The van der Waals surface area contributed by atoms with Gasteiger partial charge in [-0.05, 0) is 73.9 Å². The monoisotopic (exact) mass is 343 g/mol. The van der Waals surface area contributed by atoms with E-state index in [1.807, 2.05) is 0 Å². The van der Waals surface area contributed by atoms with E-state index in [2.05, 4.69) is 46.7 Å². The van der Waals surface area contributed by atoms with Crippen LogP contribution >= 0.6 is 12.2 Å². The van der Waals surface area contributed by atoms with Crippen LogP contribution in [0.2, 0.25) is 0 Å². The third-order valence-electron chi connectivity index (χ3n) is 4.31. The fraction of sp³-hybridized carbons (Fsp3) is 0.316. The van der Waals surface area contributed by atoms with E-state index in [0.717, 1.165) is 18.8 Å². The molecule has 0 bridgehead atoms. The predicted molar refractivity (Wildman–Crippen MR) is 102 cm³/mol. The molecular formula is C19H22FN3S. The van der Waals surface area contributed by atoms with Gasteiger partial charge in [0, 0.05) is 24.5 Å². The molecule has 24 heavy (non-hydrogen) atoms. The summed E-state index contributed by atoms with van der Waals surface area (Å²) in [5, 5.41) is 6.86. The smallest absolute Gasteiger partial charge is 0.171 e. The zero-order valence-electron chi connectivity index (χ0n) is 13.8. The quantitative estimate of drug-likeness (QED) is 0.801. The van der Waals surface area contributed by atoms with Gasteiger partial charge in [0.1, 0.15) is 5.82 Å². The SMILES string of the molecule is C[C@H](NC(=S)Nc1ccc(F)cc1)c1ccc(N2CCCC2)cc1. The largest absolute Gasteiger partial charge is 0.372 e. The Labute approximate surface area is 147 Å². The Morgan fingerprint density at radius 2 is 1.67 bits per heavy atom. The van der Waals surface area contributed by atoms with Gasteiger partial charge in [0.05, 0.1) is 6.04 Å². The normalized spacial score (nSPS) is 15.2. The molecule has 2 aromatic carbocycles. The van der Waals surface area contributed by atoms with Crippen molar-refractivity contribution in [2.24, 2.45) is 0 Å². The van der Waals surface area contributed by atoms with Gasteiger partial charge >= 0.3 is 0 Å². The van der Waals surface area contributed by atoms with Crippen LogP contribution in [0.1, 0.15) is 31.4 Å². The minimum absolute atomic E-state index is 0.0954. The average molecular weight is 343 g/mol. The van der Waals surface area contributed by atoms with E-state index in [9.17, 15) is 4.39 Å². The van der Waals surface area contributed by atoms with Crippen molar-refractivity contribution < 1.29 is 4.39 Å². The molecule has 1 aliphatic rings. The molecule has 0 amide bonds. The summed E-state index contributed by atoms with van der Waals surface area (Å²) in [5.74, 6) is -0.258. The van der Waals surface area contributed by atoms with Crippen LogP contribution in [-0.2, 0) is 0 Å². The Bertz CT molecular complexity index is 679. The molecule has 3 nitrogen and oxygen atoms in total. The lowest BCUT2D eigenvalue weighted by atomic mass is 10.1. The number of halogens is 1.